The Morgan fingerprint density at radius 2 is 1.24 bits per heavy atom. The third-order valence-electron chi connectivity index (χ3n) is 9.62. The molecule has 0 radical (unpaired) electrons. The van der Waals surface area contributed by atoms with Crippen molar-refractivity contribution in [2.24, 2.45) is 0 Å². The van der Waals surface area contributed by atoms with Crippen molar-refractivity contribution in [2.75, 3.05) is 0 Å². The predicted molar refractivity (Wildman–Crippen MR) is 200 cm³/mol. The Hall–Kier alpha value is -5.25. The van der Waals surface area contributed by atoms with E-state index in [9.17, 15) is 0 Å². The number of fused-ring (bicyclic) bond motifs is 9. The Morgan fingerprint density at radius 1 is 0.600 bits per heavy atom. The standard InChI is InChI=1S/C44H34N4O.Pt/c1-27(2)31-14-11-15-32(28(3)4)43(31)41-26-46-44-37-24-29(19-21-33(37)34-12-5-8-17-39(34)48(41)44)49-30-20-22-36-35-13-6-7-16-38(35)47(40(36)25-30)42-18-9-10-23-45-42;/h5-23,26-28H,1-4H3;/q-2;+2. The number of benzene rings is 5. The summed E-state index contributed by atoms with van der Waals surface area (Å²) in [7, 11) is 0. The Morgan fingerprint density at radius 3 is 1.94 bits per heavy atom. The van der Waals surface area contributed by atoms with Gasteiger partial charge in [-0.2, -0.15) is 6.07 Å². The number of pyridine rings is 2. The van der Waals surface area contributed by atoms with Crippen LogP contribution in [-0.4, -0.2) is 18.9 Å². The molecule has 0 aliphatic carbocycles. The second-order valence-electron chi connectivity index (χ2n) is 13.3. The van der Waals surface area contributed by atoms with Crippen LogP contribution in [0, 0.1) is 12.1 Å². The van der Waals surface area contributed by atoms with Crippen LogP contribution in [0.15, 0.2) is 122 Å². The smallest absolute Gasteiger partial charge is 0.503 e. The van der Waals surface area contributed by atoms with Gasteiger partial charge in [0.25, 0.3) is 0 Å². The summed E-state index contributed by atoms with van der Waals surface area (Å²) in [6.45, 7) is 9.06. The number of hydrogen-bond donors (Lipinski definition) is 0. The van der Waals surface area contributed by atoms with Crippen LogP contribution in [0.2, 0.25) is 0 Å². The summed E-state index contributed by atoms with van der Waals surface area (Å²) in [5.41, 5.74) is 8.98. The van der Waals surface area contributed by atoms with Crippen molar-refractivity contribution in [3.8, 4) is 28.6 Å². The van der Waals surface area contributed by atoms with Crippen LogP contribution in [0.25, 0.3) is 66.2 Å². The molecule has 5 nitrogen and oxygen atoms in total. The van der Waals surface area contributed by atoms with E-state index < -0.39 is 0 Å². The zero-order valence-corrected chi connectivity index (χ0v) is 30.5. The molecule has 0 saturated carbocycles. The van der Waals surface area contributed by atoms with Crippen molar-refractivity contribution in [3.63, 3.8) is 0 Å². The van der Waals surface area contributed by atoms with Crippen LogP contribution < -0.4 is 4.74 Å². The fraction of sp³-hybridized carbons (Fsp3) is 0.136. The molecule has 50 heavy (non-hydrogen) atoms. The van der Waals surface area contributed by atoms with E-state index in [1.807, 2.05) is 42.7 Å². The van der Waals surface area contributed by atoms with Gasteiger partial charge in [-0.25, -0.2) is 4.98 Å². The van der Waals surface area contributed by atoms with Crippen LogP contribution in [0.1, 0.15) is 50.7 Å². The molecule has 0 atom stereocenters. The molecular weight excluding hydrogens is 796 g/mol. The summed E-state index contributed by atoms with van der Waals surface area (Å²) in [5.74, 6) is 2.78. The first-order valence-corrected chi connectivity index (χ1v) is 16.9. The topological polar surface area (TPSA) is 44.3 Å². The molecule has 4 heterocycles. The first-order chi connectivity index (χ1) is 24.0. The third kappa shape index (κ3) is 5.03. The quantitative estimate of drug-likeness (QED) is 0.124. The van der Waals surface area contributed by atoms with Gasteiger partial charge in [-0.3, -0.25) is 4.98 Å². The molecule has 0 bridgehead atoms. The Bertz CT molecular complexity index is 2680. The van der Waals surface area contributed by atoms with E-state index in [0.29, 0.717) is 23.3 Å². The second-order valence-corrected chi connectivity index (χ2v) is 13.3. The summed E-state index contributed by atoms with van der Waals surface area (Å²) in [5, 5.41) is 5.39. The van der Waals surface area contributed by atoms with Crippen molar-refractivity contribution in [1.82, 2.24) is 18.9 Å². The number of aromatic nitrogens is 4. The minimum Gasteiger partial charge on any atom is -0.503 e. The average molecular weight is 830 g/mol. The monoisotopic (exact) mass is 829 g/mol. The molecule has 0 saturated heterocycles. The maximum absolute atomic E-state index is 6.55. The van der Waals surface area contributed by atoms with Crippen LogP contribution in [0.4, 0.5) is 0 Å². The van der Waals surface area contributed by atoms with Gasteiger partial charge < -0.3 is 13.7 Å². The molecule has 0 aliphatic heterocycles. The first-order valence-electron chi connectivity index (χ1n) is 16.9. The van der Waals surface area contributed by atoms with E-state index >= 15 is 0 Å². The van der Waals surface area contributed by atoms with E-state index in [1.165, 1.54) is 16.7 Å². The van der Waals surface area contributed by atoms with E-state index in [1.54, 1.807) is 0 Å². The molecule has 4 aromatic heterocycles. The summed E-state index contributed by atoms with van der Waals surface area (Å²) in [4.78, 5) is 9.75. The molecular formula is C44H34N4OPt. The predicted octanol–water partition coefficient (Wildman–Crippen LogP) is 11.4. The van der Waals surface area contributed by atoms with E-state index in [0.717, 1.165) is 60.6 Å². The molecule has 9 rings (SSSR count). The number of nitrogens with zero attached hydrogens (tertiary/aromatic N) is 4. The SMILES string of the molecule is CC(C)c1cccc(C(C)C)c1-c1cnc2c3[c-]c(Oc4[c-]c5c(cc4)c4ccccc4n5-c4ccccn4)ccc3c3ccccc3n12.[Pt+2]. The summed E-state index contributed by atoms with van der Waals surface area (Å²) < 4.78 is 11.0. The molecule has 0 spiro atoms. The van der Waals surface area contributed by atoms with Crippen molar-refractivity contribution in [3.05, 3.63) is 145 Å². The van der Waals surface area contributed by atoms with Crippen LogP contribution in [-0.2, 0) is 21.1 Å². The van der Waals surface area contributed by atoms with E-state index in [4.69, 9.17) is 9.72 Å². The van der Waals surface area contributed by atoms with Gasteiger partial charge in [-0.15, -0.1) is 29.7 Å². The fourth-order valence-corrected chi connectivity index (χ4v) is 7.40. The first kappa shape index (κ1) is 32.0. The van der Waals surface area contributed by atoms with E-state index in [-0.39, 0.29) is 21.1 Å². The normalized spacial score (nSPS) is 11.8. The van der Waals surface area contributed by atoms with Gasteiger partial charge in [0.1, 0.15) is 5.82 Å². The maximum Gasteiger partial charge on any atom is 2.00 e. The van der Waals surface area contributed by atoms with Gasteiger partial charge in [0.15, 0.2) is 0 Å². The van der Waals surface area contributed by atoms with Crippen LogP contribution >= 0.6 is 0 Å². The molecule has 6 heteroatoms. The van der Waals surface area contributed by atoms with Crippen molar-refractivity contribution in [2.45, 2.75) is 39.5 Å². The number of ether oxygens (including phenoxy) is 1. The molecule has 246 valence electrons. The van der Waals surface area contributed by atoms with Gasteiger partial charge in [0.2, 0.25) is 0 Å². The Kier molecular flexibility index (Phi) is 8.04. The zero-order chi connectivity index (χ0) is 33.2. The number of imidazole rings is 1. The average Bonchev–Trinajstić information content (AvgIpc) is 3.72. The summed E-state index contributed by atoms with van der Waals surface area (Å²) in [6.07, 6.45) is 3.85. The number of rotatable bonds is 6. The van der Waals surface area contributed by atoms with Crippen molar-refractivity contribution < 1.29 is 25.8 Å². The van der Waals surface area contributed by atoms with Gasteiger partial charge >= 0.3 is 21.1 Å². The molecule has 0 N–H and O–H groups in total. The molecule has 0 fully saturated rings. The largest absolute Gasteiger partial charge is 2.00 e. The molecule has 5 aromatic carbocycles. The third-order valence-corrected chi connectivity index (χ3v) is 9.62. The molecule has 0 unspecified atom stereocenters. The zero-order valence-electron chi connectivity index (χ0n) is 28.2. The van der Waals surface area contributed by atoms with Crippen molar-refractivity contribution in [1.29, 1.82) is 0 Å². The van der Waals surface area contributed by atoms with Crippen LogP contribution in [0.5, 0.6) is 11.5 Å². The Balaban J connectivity index is 0.00000361. The number of hydrogen-bond acceptors (Lipinski definition) is 3. The molecule has 9 aromatic rings. The minimum absolute atomic E-state index is 0. The van der Waals surface area contributed by atoms with E-state index in [2.05, 4.69) is 133 Å². The Labute approximate surface area is 305 Å². The maximum atomic E-state index is 6.55. The molecule has 0 aliphatic rings. The minimum atomic E-state index is 0. The fourth-order valence-electron chi connectivity index (χ4n) is 7.40. The summed E-state index contributed by atoms with van der Waals surface area (Å²) in [6, 6.07) is 45.0. The second kappa shape index (κ2) is 12.6. The molecule has 0 amide bonds. The van der Waals surface area contributed by atoms with Gasteiger partial charge in [-0.05, 0) is 58.0 Å². The summed E-state index contributed by atoms with van der Waals surface area (Å²) >= 11 is 0. The van der Waals surface area contributed by atoms with Gasteiger partial charge in [0, 0.05) is 40.5 Å². The van der Waals surface area contributed by atoms with Gasteiger partial charge in [0.05, 0.1) is 11.3 Å². The van der Waals surface area contributed by atoms with Crippen molar-refractivity contribution >= 4 is 49.1 Å². The number of para-hydroxylation sites is 2. The van der Waals surface area contributed by atoms with Gasteiger partial charge in [-0.1, -0.05) is 111 Å². The van der Waals surface area contributed by atoms with Crippen LogP contribution in [0.3, 0.4) is 0 Å².